The molecule has 0 aliphatic heterocycles. The van der Waals surface area contributed by atoms with E-state index in [1.165, 1.54) is 0 Å². The Hall–Kier alpha value is -4.48. The van der Waals surface area contributed by atoms with Gasteiger partial charge in [0.1, 0.15) is 23.0 Å². The summed E-state index contributed by atoms with van der Waals surface area (Å²) in [7, 11) is 0. The number of fused-ring (bicyclic) bond motifs is 8. The van der Waals surface area contributed by atoms with Crippen LogP contribution in [-0.4, -0.2) is 44.1 Å². The van der Waals surface area contributed by atoms with Gasteiger partial charge in [-0.25, -0.2) is 35.1 Å². The molecule has 0 spiro atoms. The van der Waals surface area contributed by atoms with E-state index in [0.29, 0.717) is 66.8 Å². The molecule has 0 saturated carbocycles. The van der Waals surface area contributed by atoms with E-state index in [4.69, 9.17) is 0 Å². The molecule has 60 heavy (non-hydrogen) atoms. The molecular weight excluding hydrogens is 793 g/mol. The second-order valence-corrected chi connectivity index (χ2v) is 17.5. The van der Waals surface area contributed by atoms with Crippen LogP contribution in [0.4, 0.5) is 35.1 Å². The first-order valence-electron chi connectivity index (χ1n) is 20.7. The molecule has 4 N–H and O–H groups in total. The minimum absolute atomic E-state index is 0.0573. The Morgan fingerprint density at radius 3 is 0.617 bits per heavy atom. The normalized spacial score (nSPS) is 13.8. The van der Waals surface area contributed by atoms with Gasteiger partial charge >= 0.3 is 0 Å². The van der Waals surface area contributed by atoms with Crippen molar-refractivity contribution in [3.8, 4) is 23.0 Å². The lowest BCUT2D eigenvalue weighted by Gasteiger charge is -2.21. The lowest BCUT2D eigenvalue weighted by molar-refractivity contribution is 0.0103. The largest absolute Gasteiger partial charge is 0.507 e. The van der Waals surface area contributed by atoms with Gasteiger partial charge in [-0.15, -0.1) is 0 Å². The van der Waals surface area contributed by atoms with Crippen molar-refractivity contribution >= 4 is 0 Å². The molecule has 0 aromatic heterocycles. The van der Waals surface area contributed by atoms with Crippen LogP contribution < -0.4 is 0 Å². The van der Waals surface area contributed by atoms with Crippen molar-refractivity contribution in [2.24, 2.45) is 0 Å². The number of rotatable bonds is 16. The van der Waals surface area contributed by atoms with Crippen LogP contribution in [-0.2, 0) is 51.4 Å². The zero-order valence-electron chi connectivity index (χ0n) is 34.7. The number of alkyl halides is 8. The Labute approximate surface area is 347 Å². The summed E-state index contributed by atoms with van der Waals surface area (Å²) in [4.78, 5) is 0. The lowest BCUT2D eigenvalue weighted by Crippen LogP contribution is -2.10. The summed E-state index contributed by atoms with van der Waals surface area (Å²) in [5, 5.41) is 47.4. The SMILES string of the molecule is CC(F)(F)CCCc1cc2c(O)c(c1)Cc1cc(CCCC(C)(F)F)cc(c1O)Cc1cc(CCCC(C)(F)F)cc(c1O)Cc1cc(CCCC(C)(F)F)cc(c1O)C2. The van der Waals surface area contributed by atoms with Crippen LogP contribution >= 0.6 is 0 Å². The Balaban J connectivity index is 1.71. The highest BCUT2D eigenvalue weighted by atomic mass is 19.3. The van der Waals surface area contributed by atoms with Crippen LogP contribution in [0, 0.1) is 0 Å². The first-order valence-corrected chi connectivity index (χ1v) is 20.7. The summed E-state index contributed by atoms with van der Waals surface area (Å²) in [5.74, 6) is -12.3. The number of hydrogen-bond acceptors (Lipinski definition) is 4. The van der Waals surface area contributed by atoms with Crippen molar-refractivity contribution in [3.05, 3.63) is 115 Å². The van der Waals surface area contributed by atoms with Gasteiger partial charge in [-0.2, -0.15) is 0 Å². The van der Waals surface area contributed by atoms with Crippen LogP contribution in [0.1, 0.15) is 146 Å². The monoisotopic (exact) mass is 848 g/mol. The van der Waals surface area contributed by atoms with Gasteiger partial charge in [0.05, 0.1) is 0 Å². The Kier molecular flexibility index (Phi) is 14.5. The van der Waals surface area contributed by atoms with Gasteiger partial charge in [0.25, 0.3) is 0 Å². The molecule has 0 radical (unpaired) electrons. The Bertz CT molecular complexity index is 1730. The third-order valence-electron chi connectivity index (χ3n) is 11.2. The molecule has 1 aliphatic carbocycles. The van der Waals surface area contributed by atoms with E-state index in [0.717, 1.165) is 27.7 Å². The molecule has 0 fully saturated rings. The number of hydrogen-bond donors (Lipinski definition) is 4. The van der Waals surface area contributed by atoms with E-state index in [2.05, 4.69) is 0 Å². The van der Waals surface area contributed by atoms with Gasteiger partial charge in [0.15, 0.2) is 0 Å². The van der Waals surface area contributed by atoms with Gasteiger partial charge in [-0.05, 0) is 146 Å². The van der Waals surface area contributed by atoms with Crippen molar-refractivity contribution in [2.45, 2.75) is 154 Å². The summed E-state index contributed by atoms with van der Waals surface area (Å²) >= 11 is 0. The molecule has 4 aromatic carbocycles. The number of phenols is 4. The molecule has 1 aliphatic rings. The fourth-order valence-corrected chi connectivity index (χ4v) is 8.22. The van der Waals surface area contributed by atoms with E-state index >= 15 is 0 Å². The Morgan fingerprint density at radius 1 is 0.333 bits per heavy atom. The molecule has 0 atom stereocenters. The predicted octanol–water partition coefficient (Wildman–Crippen LogP) is 13.1. The van der Waals surface area contributed by atoms with E-state index in [1.807, 2.05) is 0 Å². The molecule has 0 unspecified atom stereocenters. The van der Waals surface area contributed by atoms with Crippen molar-refractivity contribution in [1.29, 1.82) is 0 Å². The number of benzene rings is 4. The fourth-order valence-electron chi connectivity index (χ4n) is 8.22. The van der Waals surface area contributed by atoms with E-state index < -0.39 is 23.7 Å². The molecule has 4 nitrogen and oxygen atoms in total. The van der Waals surface area contributed by atoms with Gasteiger partial charge in [-0.3, -0.25) is 0 Å². The topological polar surface area (TPSA) is 80.9 Å². The zero-order chi connectivity index (χ0) is 44.2. The first kappa shape index (κ1) is 46.6. The maximum absolute atomic E-state index is 13.9. The average Bonchev–Trinajstić information content (AvgIpc) is 3.09. The number of aromatic hydroxyl groups is 4. The van der Waals surface area contributed by atoms with Crippen molar-refractivity contribution < 1.29 is 55.5 Å². The maximum atomic E-state index is 13.9. The molecule has 8 bridgehead atoms. The molecule has 0 amide bonds. The van der Waals surface area contributed by atoms with Crippen LogP contribution in [0.3, 0.4) is 0 Å². The quantitative estimate of drug-likeness (QED) is 0.0746. The molecule has 5 rings (SSSR count). The third kappa shape index (κ3) is 13.8. The number of aryl methyl sites for hydroxylation is 4. The average molecular weight is 849 g/mol. The maximum Gasteiger partial charge on any atom is 0.245 e. The second-order valence-electron chi connectivity index (χ2n) is 17.5. The summed E-state index contributed by atoms with van der Waals surface area (Å²) in [5.41, 5.74) is 5.25. The molecule has 4 aromatic rings. The standard InChI is InChI=1S/C48H56F8O4/c1-45(49,50)13-5-9-29-17-33-25-35-19-30(10-6-14-46(2,51)52)21-37(42(35)58)27-39-23-32(12-8-16-48(4,55)56)24-40(44(39)60)28-38-22-31(11-7-15-47(3,53)54)20-36(43(38)59)26-34(18-29)41(33)57/h17-24,57-60H,5-16,25-28H2,1-4H3. The predicted molar refractivity (Wildman–Crippen MR) is 218 cm³/mol. The first-order chi connectivity index (χ1) is 27.8. The molecule has 0 heterocycles. The van der Waals surface area contributed by atoms with Crippen molar-refractivity contribution in [3.63, 3.8) is 0 Å². The minimum atomic E-state index is -2.90. The van der Waals surface area contributed by atoms with E-state index in [-0.39, 0.29) is 126 Å². The van der Waals surface area contributed by atoms with E-state index in [1.54, 1.807) is 48.5 Å². The summed E-state index contributed by atoms with van der Waals surface area (Å²) < 4.78 is 111. The van der Waals surface area contributed by atoms with Crippen molar-refractivity contribution in [2.75, 3.05) is 0 Å². The highest BCUT2D eigenvalue weighted by molar-refractivity contribution is 5.57. The number of phenolic OH excluding ortho intramolecular Hbond substituents is 4. The lowest BCUT2D eigenvalue weighted by atomic mass is 9.87. The Morgan fingerprint density at radius 2 is 0.483 bits per heavy atom. The van der Waals surface area contributed by atoms with Crippen LogP contribution in [0.5, 0.6) is 23.0 Å². The van der Waals surface area contributed by atoms with Gasteiger partial charge < -0.3 is 20.4 Å². The van der Waals surface area contributed by atoms with Gasteiger partial charge in [-0.1, -0.05) is 48.5 Å². The summed E-state index contributed by atoms with van der Waals surface area (Å²) in [6.45, 7) is 3.35. The van der Waals surface area contributed by atoms with Crippen molar-refractivity contribution in [1.82, 2.24) is 0 Å². The molecule has 0 saturated heterocycles. The number of halogens is 8. The van der Waals surface area contributed by atoms with Gasteiger partial charge in [0, 0.05) is 51.4 Å². The smallest absolute Gasteiger partial charge is 0.245 e. The second kappa shape index (κ2) is 18.6. The van der Waals surface area contributed by atoms with Crippen LogP contribution in [0.2, 0.25) is 0 Å². The van der Waals surface area contributed by atoms with E-state index in [9.17, 15) is 55.5 Å². The highest BCUT2D eigenvalue weighted by Crippen LogP contribution is 2.40. The molecular formula is C48H56F8O4. The third-order valence-corrected chi connectivity index (χ3v) is 11.2. The van der Waals surface area contributed by atoms with Crippen LogP contribution in [0.15, 0.2) is 48.5 Å². The zero-order valence-corrected chi connectivity index (χ0v) is 34.7. The van der Waals surface area contributed by atoms with Crippen LogP contribution in [0.25, 0.3) is 0 Å². The molecule has 12 heteroatoms. The highest BCUT2D eigenvalue weighted by Gasteiger charge is 2.26. The summed E-state index contributed by atoms with van der Waals surface area (Å²) in [6, 6.07) is 13.4. The fraction of sp³-hybridized carbons (Fsp3) is 0.500. The minimum Gasteiger partial charge on any atom is -0.507 e. The van der Waals surface area contributed by atoms with Gasteiger partial charge in [0.2, 0.25) is 23.7 Å². The molecule has 328 valence electrons. The summed E-state index contributed by atoms with van der Waals surface area (Å²) in [6.07, 6.45) is -0.387.